The fourth-order valence-electron chi connectivity index (χ4n) is 1.63. The largest absolute Gasteiger partial charge is 0.313 e. The Balaban J connectivity index is 2.39. The Morgan fingerprint density at radius 3 is 2.47 bits per heavy atom. The lowest BCUT2D eigenvalue weighted by molar-refractivity contribution is 0.473. The standard InChI is InChI=1S/C14H23ClN2/c1-10(2)16-8-12(4)17-9-13-5-6-14(15)7-11(13)3/h5-7,10,12,16-17H,8-9H2,1-4H3. The van der Waals surface area contributed by atoms with Crippen molar-refractivity contribution in [3.05, 3.63) is 34.3 Å². The predicted octanol–water partition coefficient (Wildman–Crippen LogP) is 3.12. The summed E-state index contributed by atoms with van der Waals surface area (Å²) in [6.45, 7) is 10.5. The van der Waals surface area contributed by atoms with Crippen LogP contribution in [-0.4, -0.2) is 18.6 Å². The van der Waals surface area contributed by atoms with Crippen molar-refractivity contribution in [3.8, 4) is 0 Å². The Morgan fingerprint density at radius 1 is 1.18 bits per heavy atom. The molecule has 1 unspecified atom stereocenters. The smallest absolute Gasteiger partial charge is 0.0408 e. The van der Waals surface area contributed by atoms with Gasteiger partial charge in [-0.15, -0.1) is 0 Å². The molecule has 96 valence electrons. The zero-order chi connectivity index (χ0) is 12.8. The van der Waals surface area contributed by atoms with Gasteiger partial charge in [0.15, 0.2) is 0 Å². The Kier molecular flexibility index (Phi) is 5.96. The van der Waals surface area contributed by atoms with Crippen molar-refractivity contribution in [1.29, 1.82) is 0 Å². The second kappa shape index (κ2) is 7.00. The number of halogens is 1. The first-order chi connectivity index (χ1) is 7.99. The van der Waals surface area contributed by atoms with E-state index in [9.17, 15) is 0 Å². The summed E-state index contributed by atoms with van der Waals surface area (Å²) in [6.07, 6.45) is 0. The minimum absolute atomic E-state index is 0.465. The molecule has 0 saturated carbocycles. The van der Waals surface area contributed by atoms with Crippen LogP contribution < -0.4 is 10.6 Å². The van der Waals surface area contributed by atoms with Crippen LogP contribution in [-0.2, 0) is 6.54 Å². The Hall–Kier alpha value is -0.570. The lowest BCUT2D eigenvalue weighted by Crippen LogP contribution is -2.38. The average Bonchev–Trinajstić information content (AvgIpc) is 2.25. The molecule has 1 aromatic rings. The number of benzene rings is 1. The van der Waals surface area contributed by atoms with Crippen molar-refractivity contribution in [2.24, 2.45) is 0 Å². The molecule has 0 amide bonds. The summed E-state index contributed by atoms with van der Waals surface area (Å²) in [5.74, 6) is 0. The van der Waals surface area contributed by atoms with Gasteiger partial charge >= 0.3 is 0 Å². The number of rotatable bonds is 6. The van der Waals surface area contributed by atoms with Crippen LogP contribution in [0.5, 0.6) is 0 Å². The van der Waals surface area contributed by atoms with E-state index in [2.05, 4.69) is 44.4 Å². The molecule has 0 aliphatic heterocycles. The average molecular weight is 255 g/mol. The van der Waals surface area contributed by atoms with Gasteiger partial charge in [0, 0.05) is 30.2 Å². The summed E-state index contributed by atoms with van der Waals surface area (Å²) in [5.41, 5.74) is 2.56. The summed E-state index contributed by atoms with van der Waals surface area (Å²) in [7, 11) is 0. The molecule has 0 bridgehead atoms. The lowest BCUT2D eigenvalue weighted by Gasteiger charge is -2.17. The first-order valence-corrected chi connectivity index (χ1v) is 6.58. The highest BCUT2D eigenvalue weighted by atomic mass is 35.5. The van der Waals surface area contributed by atoms with Crippen LogP contribution in [0.15, 0.2) is 18.2 Å². The zero-order valence-electron chi connectivity index (χ0n) is 11.2. The molecule has 0 aliphatic carbocycles. The Labute approximate surface area is 110 Å². The molecule has 0 fully saturated rings. The van der Waals surface area contributed by atoms with Gasteiger partial charge < -0.3 is 10.6 Å². The van der Waals surface area contributed by atoms with Crippen LogP contribution in [0.25, 0.3) is 0 Å². The van der Waals surface area contributed by atoms with Crippen LogP contribution in [0, 0.1) is 6.92 Å². The van der Waals surface area contributed by atoms with Gasteiger partial charge in [0.25, 0.3) is 0 Å². The molecule has 1 aromatic carbocycles. The number of hydrogen-bond acceptors (Lipinski definition) is 2. The van der Waals surface area contributed by atoms with Gasteiger partial charge in [-0.3, -0.25) is 0 Å². The van der Waals surface area contributed by atoms with Gasteiger partial charge in [-0.05, 0) is 37.1 Å². The summed E-state index contributed by atoms with van der Waals surface area (Å²) < 4.78 is 0. The summed E-state index contributed by atoms with van der Waals surface area (Å²) in [5, 5.41) is 7.74. The SMILES string of the molecule is Cc1cc(Cl)ccc1CNC(C)CNC(C)C. The summed E-state index contributed by atoms with van der Waals surface area (Å²) >= 11 is 5.93. The van der Waals surface area contributed by atoms with Crippen LogP contribution in [0.1, 0.15) is 31.9 Å². The number of aryl methyl sites for hydroxylation is 1. The van der Waals surface area contributed by atoms with Gasteiger partial charge in [-0.1, -0.05) is 31.5 Å². The second-order valence-corrected chi connectivity index (χ2v) is 5.35. The quantitative estimate of drug-likeness (QED) is 0.815. The van der Waals surface area contributed by atoms with Crippen LogP contribution in [0.2, 0.25) is 5.02 Å². The van der Waals surface area contributed by atoms with Gasteiger partial charge in [0.2, 0.25) is 0 Å². The van der Waals surface area contributed by atoms with E-state index < -0.39 is 0 Å². The van der Waals surface area contributed by atoms with E-state index in [4.69, 9.17) is 11.6 Å². The molecule has 3 heteroatoms. The van der Waals surface area contributed by atoms with E-state index in [1.165, 1.54) is 11.1 Å². The topological polar surface area (TPSA) is 24.1 Å². The molecule has 0 heterocycles. The van der Waals surface area contributed by atoms with E-state index in [1.807, 2.05) is 12.1 Å². The van der Waals surface area contributed by atoms with Crippen LogP contribution in [0.3, 0.4) is 0 Å². The van der Waals surface area contributed by atoms with E-state index in [0.29, 0.717) is 12.1 Å². The van der Waals surface area contributed by atoms with Gasteiger partial charge in [0.1, 0.15) is 0 Å². The van der Waals surface area contributed by atoms with Crippen molar-refractivity contribution in [1.82, 2.24) is 10.6 Å². The van der Waals surface area contributed by atoms with E-state index in [0.717, 1.165) is 18.1 Å². The molecule has 1 rings (SSSR count). The lowest BCUT2D eigenvalue weighted by atomic mass is 10.1. The third kappa shape index (κ3) is 5.53. The molecule has 2 nitrogen and oxygen atoms in total. The molecule has 2 N–H and O–H groups in total. The minimum atomic E-state index is 0.465. The van der Waals surface area contributed by atoms with Crippen molar-refractivity contribution in [2.45, 2.75) is 46.3 Å². The van der Waals surface area contributed by atoms with Crippen LogP contribution >= 0.6 is 11.6 Å². The maximum Gasteiger partial charge on any atom is 0.0408 e. The maximum absolute atomic E-state index is 5.93. The molecule has 1 atom stereocenters. The molecular weight excluding hydrogens is 232 g/mol. The minimum Gasteiger partial charge on any atom is -0.313 e. The maximum atomic E-state index is 5.93. The number of hydrogen-bond donors (Lipinski definition) is 2. The Morgan fingerprint density at radius 2 is 1.88 bits per heavy atom. The molecule has 17 heavy (non-hydrogen) atoms. The van der Waals surface area contributed by atoms with Crippen molar-refractivity contribution in [2.75, 3.05) is 6.54 Å². The van der Waals surface area contributed by atoms with Gasteiger partial charge in [-0.25, -0.2) is 0 Å². The highest BCUT2D eigenvalue weighted by Crippen LogP contribution is 2.14. The normalized spacial score (nSPS) is 13.1. The van der Waals surface area contributed by atoms with Crippen molar-refractivity contribution < 1.29 is 0 Å². The number of nitrogens with one attached hydrogen (secondary N) is 2. The van der Waals surface area contributed by atoms with E-state index >= 15 is 0 Å². The third-order valence-corrected chi connectivity index (χ3v) is 3.01. The van der Waals surface area contributed by atoms with Gasteiger partial charge in [0.05, 0.1) is 0 Å². The Bertz CT molecular complexity index is 350. The highest BCUT2D eigenvalue weighted by Gasteiger charge is 2.04. The second-order valence-electron chi connectivity index (χ2n) is 4.92. The first-order valence-electron chi connectivity index (χ1n) is 6.21. The van der Waals surface area contributed by atoms with Crippen molar-refractivity contribution >= 4 is 11.6 Å². The zero-order valence-corrected chi connectivity index (χ0v) is 11.9. The summed E-state index contributed by atoms with van der Waals surface area (Å²) in [6, 6.07) is 7.05. The van der Waals surface area contributed by atoms with Crippen molar-refractivity contribution in [3.63, 3.8) is 0 Å². The highest BCUT2D eigenvalue weighted by molar-refractivity contribution is 6.30. The first kappa shape index (κ1) is 14.5. The van der Waals surface area contributed by atoms with Gasteiger partial charge in [-0.2, -0.15) is 0 Å². The fraction of sp³-hybridized carbons (Fsp3) is 0.571. The summed E-state index contributed by atoms with van der Waals surface area (Å²) in [4.78, 5) is 0. The monoisotopic (exact) mass is 254 g/mol. The molecule has 0 aromatic heterocycles. The molecular formula is C14H23ClN2. The molecule has 0 radical (unpaired) electrons. The van der Waals surface area contributed by atoms with E-state index in [-0.39, 0.29) is 0 Å². The fourth-order valence-corrected chi connectivity index (χ4v) is 1.85. The molecule has 0 spiro atoms. The third-order valence-electron chi connectivity index (χ3n) is 2.78. The molecule has 0 aliphatic rings. The van der Waals surface area contributed by atoms with E-state index in [1.54, 1.807) is 0 Å². The molecule has 0 saturated heterocycles. The van der Waals surface area contributed by atoms with Crippen LogP contribution in [0.4, 0.5) is 0 Å². The predicted molar refractivity (Wildman–Crippen MR) is 75.6 cm³/mol.